The largest absolute Gasteiger partial charge is 0.490 e. The second kappa shape index (κ2) is 13.4. The summed E-state index contributed by atoms with van der Waals surface area (Å²) in [5, 5.41) is 7.04. The summed E-state index contributed by atoms with van der Waals surface area (Å²) in [6.07, 6.45) is 1.48. The van der Waals surface area contributed by atoms with E-state index >= 15 is 0 Å². The Morgan fingerprint density at radius 1 is 1.00 bits per heavy atom. The topological polar surface area (TPSA) is 81.2 Å². The van der Waals surface area contributed by atoms with Gasteiger partial charge in [-0.1, -0.05) is 55.8 Å². The average Bonchev–Trinajstić information content (AvgIpc) is 2.83. The molecule has 0 aliphatic heterocycles. The molecule has 3 aromatic rings. The first-order valence-electron chi connectivity index (χ1n) is 11.8. The summed E-state index contributed by atoms with van der Waals surface area (Å²) in [5.41, 5.74) is 6.04. The highest BCUT2D eigenvalue weighted by Crippen LogP contribution is 2.36. The summed E-state index contributed by atoms with van der Waals surface area (Å²) in [4.78, 5) is 12.0. The minimum atomic E-state index is -0.456. The Bertz CT molecular complexity index is 1180. The van der Waals surface area contributed by atoms with E-state index in [2.05, 4.69) is 41.8 Å². The first-order chi connectivity index (χ1) is 17.4. The molecule has 2 N–H and O–H groups in total. The van der Waals surface area contributed by atoms with Crippen LogP contribution in [0.5, 0.6) is 17.2 Å². The molecule has 0 bridgehead atoms. The van der Waals surface area contributed by atoms with Gasteiger partial charge in [-0.2, -0.15) is 5.10 Å². The number of aryl methyl sites for hydroxylation is 1. The van der Waals surface area contributed by atoms with Crippen molar-refractivity contribution in [2.75, 3.05) is 25.1 Å². The molecule has 0 atom stereocenters. The van der Waals surface area contributed by atoms with Crippen LogP contribution in [0.15, 0.2) is 65.8 Å². The third kappa shape index (κ3) is 7.92. The SMILES string of the molecule is CCOc1cc(C=NNC(=O)Nc2ccccc2)cc(Cl)c1OCCOc1cc(C)ccc1C(C)C. The molecule has 36 heavy (non-hydrogen) atoms. The summed E-state index contributed by atoms with van der Waals surface area (Å²) in [7, 11) is 0. The monoisotopic (exact) mass is 509 g/mol. The van der Waals surface area contributed by atoms with E-state index in [-0.39, 0.29) is 0 Å². The zero-order valence-electron chi connectivity index (χ0n) is 21.0. The van der Waals surface area contributed by atoms with Crippen molar-refractivity contribution in [2.45, 2.75) is 33.6 Å². The first-order valence-corrected chi connectivity index (χ1v) is 12.2. The highest BCUT2D eigenvalue weighted by molar-refractivity contribution is 6.32. The van der Waals surface area contributed by atoms with E-state index in [0.29, 0.717) is 53.5 Å². The van der Waals surface area contributed by atoms with Crippen molar-refractivity contribution in [3.05, 3.63) is 82.4 Å². The van der Waals surface area contributed by atoms with Crippen LogP contribution in [0.4, 0.5) is 10.5 Å². The minimum absolute atomic E-state index is 0.292. The van der Waals surface area contributed by atoms with Gasteiger partial charge in [0.1, 0.15) is 19.0 Å². The molecule has 190 valence electrons. The number of nitrogens with one attached hydrogen (secondary N) is 2. The lowest BCUT2D eigenvalue weighted by atomic mass is 10.0. The maximum absolute atomic E-state index is 12.0. The number of halogens is 1. The van der Waals surface area contributed by atoms with Crippen molar-refractivity contribution < 1.29 is 19.0 Å². The molecule has 2 amide bonds. The number of carbonyl (C=O) groups excluding carboxylic acids is 1. The van der Waals surface area contributed by atoms with E-state index in [1.165, 1.54) is 6.21 Å². The smallest absolute Gasteiger partial charge is 0.339 e. The number of anilines is 1. The third-order valence-electron chi connectivity index (χ3n) is 5.12. The van der Waals surface area contributed by atoms with Gasteiger partial charge in [-0.25, -0.2) is 10.2 Å². The second-order valence-electron chi connectivity index (χ2n) is 8.35. The minimum Gasteiger partial charge on any atom is -0.490 e. The zero-order valence-corrected chi connectivity index (χ0v) is 21.8. The van der Waals surface area contributed by atoms with Crippen LogP contribution in [0.25, 0.3) is 0 Å². The number of urea groups is 1. The lowest BCUT2D eigenvalue weighted by Gasteiger charge is -2.17. The van der Waals surface area contributed by atoms with Gasteiger partial charge < -0.3 is 19.5 Å². The average molecular weight is 510 g/mol. The number of hydrogen-bond acceptors (Lipinski definition) is 5. The molecule has 0 radical (unpaired) electrons. The molecule has 0 aliphatic rings. The van der Waals surface area contributed by atoms with Crippen LogP contribution in [0, 0.1) is 6.92 Å². The molecule has 3 aromatic carbocycles. The lowest BCUT2D eigenvalue weighted by molar-refractivity contribution is 0.207. The summed E-state index contributed by atoms with van der Waals surface area (Å²) >= 11 is 6.50. The van der Waals surface area contributed by atoms with Gasteiger partial charge in [0.25, 0.3) is 0 Å². The maximum atomic E-state index is 12.0. The number of nitrogens with zero attached hydrogens (tertiary/aromatic N) is 1. The van der Waals surface area contributed by atoms with Gasteiger partial charge >= 0.3 is 6.03 Å². The van der Waals surface area contributed by atoms with Crippen molar-refractivity contribution in [3.63, 3.8) is 0 Å². The fraction of sp³-hybridized carbons (Fsp3) is 0.286. The zero-order chi connectivity index (χ0) is 25.9. The number of amides is 2. The fourth-order valence-corrected chi connectivity index (χ4v) is 3.72. The van der Waals surface area contributed by atoms with Gasteiger partial charge in [-0.3, -0.25) is 0 Å². The van der Waals surface area contributed by atoms with E-state index in [4.69, 9.17) is 25.8 Å². The van der Waals surface area contributed by atoms with Crippen molar-refractivity contribution in [1.29, 1.82) is 0 Å². The lowest BCUT2D eigenvalue weighted by Crippen LogP contribution is -2.24. The number of carbonyl (C=O) groups is 1. The predicted molar refractivity (Wildman–Crippen MR) is 145 cm³/mol. The second-order valence-corrected chi connectivity index (χ2v) is 8.75. The first kappa shape index (κ1) is 26.9. The van der Waals surface area contributed by atoms with Crippen LogP contribution in [0.2, 0.25) is 5.02 Å². The number of hydrazone groups is 1. The molecule has 0 saturated carbocycles. The van der Waals surface area contributed by atoms with Crippen LogP contribution in [0.3, 0.4) is 0 Å². The number of ether oxygens (including phenoxy) is 3. The molecular weight excluding hydrogens is 478 g/mol. The fourth-order valence-electron chi connectivity index (χ4n) is 3.45. The molecule has 0 fully saturated rings. The van der Waals surface area contributed by atoms with Crippen LogP contribution in [-0.2, 0) is 0 Å². The highest BCUT2D eigenvalue weighted by Gasteiger charge is 2.13. The number of rotatable bonds is 11. The number of hydrogen-bond donors (Lipinski definition) is 2. The number of benzene rings is 3. The quantitative estimate of drug-likeness (QED) is 0.169. The van der Waals surface area contributed by atoms with Gasteiger partial charge in [-0.05, 0) is 66.8 Å². The van der Waals surface area contributed by atoms with Crippen molar-refractivity contribution in [1.82, 2.24) is 5.43 Å². The van der Waals surface area contributed by atoms with Crippen LogP contribution in [-0.4, -0.2) is 32.1 Å². The van der Waals surface area contributed by atoms with E-state index < -0.39 is 6.03 Å². The van der Waals surface area contributed by atoms with Gasteiger partial charge in [0, 0.05) is 5.69 Å². The Balaban J connectivity index is 1.60. The van der Waals surface area contributed by atoms with Crippen LogP contribution in [0.1, 0.15) is 43.4 Å². The molecule has 8 heteroatoms. The molecule has 0 saturated heterocycles. The molecule has 0 unspecified atom stereocenters. The van der Waals surface area contributed by atoms with Crippen molar-refractivity contribution in [2.24, 2.45) is 5.10 Å². The van der Waals surface area contributed by atoms with E-state index in [1.54, 1.807) is 24.3 Å². The van der Waals surface area contributed by atoms with Crippen molar-refractivity contribution >= 4 is 29.5 Å². The summed E-state index contributed by atoms with van der Waals surface area (Å²) in [6.45, 7) is 9.27. The number of para-hydroxylation sites is 1. The molecule has 0 spiro atoms. The summed E-state index contributed by atoms with van der Waals surface area (Å²) in [6, 6.07) is 18.3. The standard InChI is InChI=1S/C28H32ClN3O4/c1-5-34-26-17-21(18-30-32-28(33)31-22-9-7-6-8-10-22)16-24(29)27(26)36-14-13-35-25-15-20(4)11-12-23(25)19(2)3/h6-12,15-19H,5,13-14H2,1-4H3,(H2,31,32,33). The third-order valence-corrected chi connectivity index (χ3v) is 5.40. The van der Waals surface area contributed by atoms with Crippen LogP contribution < -0.4 is 25.0 Å². The van der Waals surface area contributed by atoms with Gasteiger partial charge in [0.15, 0.2) is 11.5 Å². The normalized spacial score (nSPS) is 10.9. The predicted octanol–water partition coefficient (Wildman–Crippen LogP) is 6.78. The van der Waals surface area contributed by atoms with Crippen LogP contribution >= 0.6 is 11.6 Å². The highest BCUT2D eigenvalue weighted by atomic mass is 35.5. The molecular formula is C28H32ClN3O4. The van der Waals surface area contributed by atoms with Gasteiger partial charge in [0.2, 0.25) is 0 Å². The summed E-state index contributed by atoms with van der Waals surface area (Å²) < 4.78 is 17.7. The van der Waals surface area contributed by atoms with Gasteiger partial charge in [0.05, 0.1) is 17.8 Å². The summed E-state index contributed by atoms with van der Waals surface area (Å²) in [5.74, 6) is 2.13. The van der Waals surface area contributed by atoms with E-state index in [0.717, 1.165) is 16.9 Å². The van der Waals surface area contributed by atoms with E-state index in [9.17, 15) is 4.79 Å². The molecule has 3 rings (SSSR count). The van der Waals surface area contributed by atoms with E-state index in [1.807, 2.05) is 38.1 Å². The Kier molecular flexibility index (Phi) is 10.0. The molecule has 0 heterocycles. The Labute approximate surface area is 217 Å². The Hall–Kier alpha value is -3.71. The van der Waals surface area contributed by atoms with Gasteiger partial charge in [-0.15, -0.1) is 0 Å². The Morgan fingerprint density at radius 2 is 1.75 bits per heavy atom. The molecule has 7 nitrogen and oxygen atoms in total. The molecule has 0 aromatic heterocycles. The maximum Gasteiger partial charge on any atom is 0.339 e. The van der Waals surface area contributed by atoms with Crippen molar-refractivity contribution in [3.8, 4) is 17.2 Å². The molecule has 0 aliphatic carbocycles. The Morgan fingerprint density at radius 3 is 2.47 bits per heavy atom.